The summed E-state index contributed by atoms with van der Waals surface area (Å²) in [6, 6.07) is 0. The predicted octanol–water partition coefficient (Wildman–Crippen LogP) is 2.89. The van der Waals surface area contributed by atoms with E-state index < -0.39 is 5.92 Å². The third-order valence-corrected chi connectivity index (χ3v) is 6.05. The van der Waals surface area contributed by atoms with Crippen molar-refractivity contribution in [1.29, 1.82) is 0 Å². The Labute approximate surface area is 138 Å². The fourth-order valence-electron chi connectivity index (χ4n) is 3.65. The lowest BCUT2D eigenvalue weighted by atomic mass is 9.67. The standard InChI is InChI=1S/C16H29BF2N2O2/c1-14(2)15(3,4)23-17(22-14)12-5-6-13(20-11-12)21-9-7-16(18,19)8-10-21/h12-13,20H,5-11H2,1-4H3. The molecular weight excluding hydrogens is 301 g/mol. The zero-order valence-electron chi connectivity index (χ0n) is 14.7. The van der Waals surface area contributed by atoms with Gasteiger partial charge in [0.15, 0.2) is 0 Å². The van der Waals surface area contributed by atoms with Crippen molar-refractivity contribution < 1.29 is 18.1 Å². The molecule has 7 heteroatoms. The van der Waals surface area contributed by atoms with Crippen LogP contribution in [0.15, 0.2) is 0 Å². The van der Waals surface area contributed by atoms with Gasteiger partial charge in [0.05, 0.1) is 17.4 Å². The Bertz CT molecular complexity index is 414. The second-order valence-corrected chi connectivity index (χ2v) is 8.28. The maximum atomic E-state index is 13.3. The molecule has 0 saturated carbocycles. The molecule has 3 rings (SSSR count). The van der Waals surface area contributed by atoms with E-state index in [0.29, 0.717) is 18.9 Å². The van der Waals surface area contributed by atoms with E-state index in [2.05, 4.69) is 37.9 Å². The van der Waals surface area contributed by atoms with Crippen LogP contribution in [0.1, 0.15) is 53.4 Å². The number of alkyl halides is 2. The quantitative estimate of drug-likeness (QED) is 0.790. The van der Waals surface area contributed by atoms with Crippen molar-refractivity contribution in [3.63, 3.8) is 0 Å². The highest BCUT2D eigenvalue weighted by molar-refractivity contribution is 6.47. The van der Waals surface area contributed by atoms with E-state index in [-0.39, 0.29) is 37.3 Å². The van der Waals surface area contributed by atoms with Crippen molar-refractivity contribution in [1.82, 2.24) is 10.2 Å². The first-order chi connectivity index (χ1) is 10.6. The van der Waals surface area contributed by atoms with E-state index in [9.17, 15) is 8.78 Å². The summed E-state index contributed by atoms with van der Waals surface area (Å²) >= 11 is 0. The van der Waals surface area contributed by atoms with Crippen molar-refractivity contribution in [2.45, 2.75) is 82.5 Å². The molecule has 23 heavy (non-hydrogen) atoms. The average molecular weight is 330 g/mol. The number of halogens is 2. The zero-order valence-corrected chi connectivity index (χ0v) is 14.7. The molecule has 132 valence electrons. The van der Waals surface area contributed by atoms with Crippen LogP contribution in [-0.2, 0) is 9.31 Å². The highest BCUT2D eigenvalue weighted by atomic mass is 19.3. The van der Waals surface area contributed by atoms with Gasteiger partial charge in [-0.2, -0.15) is 0 Å². The van der Waals surface area contributed by atoms with Crippen LogP contribution in [0, 0.1) is 0 Å². The number of nitrogens with zero attached hydrogens (tertiary/aromatic N) is 1. The van der Waals surface area contributed by atoms with Crippen LogP contribution in [0.25, 0.3) is 0 Å². The van der Waals surface area contributed by atoms with Gasteiger partial charge in [0.2, 0.25) is 0 Å². The maximum absolute atomic E-state index is 13.3. The molecule has 0 aromatic heterocycles. The monoisotopic (exact) mass is 330 g/mol. The molecular formula is C16H29BF2N2O2. The normalized spacial score (nSPS) is 37.0. The van der Waals surface area contributed by atoms with Crippen LogP contribution >= 0.6 is 0 Å². The molecule has 0 spiro atoms. The van der Waals surface area contributed by atoms with E-state index in [1.807, 2.05) is 0 Å². The Hall–Kier alpha value is -0.235. The topological polar surface area (TPSA) is 33.7 Å². The van der Waals surface area contributed by atoms with Gasteiger partial charge in [0.25, 0.3) is 5.92 Å². The van der Waals surface area contributed by atoms with Gasteiger partial charge in [-0.1, -0.05) is 0 Å². The van der Waals surface area contributed by atoms with Crippen LogP contribution < -0.4 is 5.32 Å². The fourth-order valence-corrected chi connectivity index (χ4v) is 3.65. The second kappa shape index (κ2) is 5.93. The number of rotatable bonds is 2. The second-order valence-electron chi connectivity index (χ2n) is 8.28. The number of likely N-dealkylation sites (tertiary alicyclic amines) is 1. The van der Waals surface area contributed by atoms with Crippen molar-refractivity contribution in [2.75, 3.05) is 19.6 Å². The lowest BCUT2D eigenvalue weighted by Crippen LogP contribution is -2.54. The highest BCUT2D eigenvalue weighted by Gasteiger charge is 2.54. The van der Waals surface area contributed by atoms with Gasteiger partial charge in [-0.15, -0.1) is 0 Å². The molecule has 4 nitrogen and oxygen atoms in total. The minimum Gasteiger partial charge on any atom is -0.403 e. The SMILES string of the molecule is CC1(C)OB(C2CCC(N3CCC(F)(F)CC3)NC2)OC1(C)C. The van der Waals surface area contributed by atoms with E-state index >= 15 is 0 Å². The molecule has 0 aromatic carbocycles. The van der Waals surface area contributed by atoms with Crippen molar-refractivity contribution in [3.05, 3.63) is 0 Å². The van der Waals surface area contributed by atoms with Crippen molar-refractivity contribution in [2.24, 2.45) is 0 Å². The van der Waals surface area contributed by atoms with Crippen LogP contribution in [0.2, 0.25) is 5.82 Å². The smallest absolute Gasteiger partial charge is 0.403 e. The molecule has 0 bridgehead atoms. The lowest BCUT2D eigenvalue weighted by Gasteiger charge is -2.41. The van der Waals surface area contributed by atoms with Gasteiger partial charge in [0, 0.05) is 31.7 Å². The number of piperidine rings is 2. The van der Waals surface area contributed by atoms with Crippen LogP contribution in [-0.4, -0.2) is 54.9 Å². The fraction of sp³-hybridized carbons (Fsp3) is 1.00. The Morgan fingerprint density at radius 1 is 1.00 bits per heavy atom. The molecule has 0 radical (unpaired) electrons. The lowest BCUT2D eigenvalue weighted by molar-refractivity contribution is -0.0679. The summed E-state index contributed by atoms with van der Waals surface area (Å²) in [7, 11) is -0.181. The molecule has 3 aliphatic heterocycles. The molecule has 2 unspecified atom stereocenters. The first-order valence-corrected chi connectivity index (χ1v) is 8.81. The molecule has 0 aliphatic carbocycles. The number of nitrogens with one attached hydrogen (secondary N) is 1. The summed E-state index contributed by atoms with van der Waals surface area (Å²) in [6.45, 7) is 10.0. The molecule has 3 heterocycles. The third-order valence-electron chi connectivity index (χ3n) is 6.05. The van der Waals surface area contributed by atoms with Gasteiger partial charge in [-0.05, 0) is 47.1 Å². The van der Waals surface area contributed by atoms with Crippen molar-refractivity contribution >= 4 is 7.12 Å². The summed E-state index contributed by atoms with van der Waals surface area (Å²) in [5, 5.41) is 3.52. The van der Waals surface area contributed by atoms with E-state index in [4.69, 9.17) is 9.31 Å². The van der Waals surface area contributed by atoms with E-state index in [1.54, 1.807) is 0 Å². The van der Waals surface area contributed by atoms with Gasteiger partial charge in [-0.25, -0.2) is 8.78 Å². The number of hydrogen-bond acceptors (Lipinski definition) is 4. The molecule has 3 aliphatic rings. The molecule has 3 saturated heterocycles. The van der Waals surface area contributed by atoms with Gasteiger partial charge >= 0.3 is 7.12 Å². The molecule has 0 amide bonds. The largest absolute Gasteiger partial charge is 0.462 e. The minimum absolute atomic E-state index is 0.0220. The number of hydrogen-bond donors (Lipinski definition) is 1. The molecule has 1 N–H and O–H groups in total. The Morgan fingerprint density at radius 3 is 2.04 bits per heavy atom. The van der Waals surface area contributed by atoms with Crippen LogP contribution in [0.5, 0.6) is 0 Å². The summed E-state index contributed by atoms with van der Waals surface area (Å²) in [5.41, 5.74) is -0.597. The van der Waals surface area contributed by atoms with E-state index in [1.165, 1.54) is 0 Å². The third kappa shape index (κ3) is 3.58. The summed E-state index contributed by atoms with van der Waals surface area (Å²) < 4.78 is 38.8. The summed E-state index contributed by atoms with van der Waals surface area (Å²) in [6.07, 6.45) is 2.13. The minimum atomic E-state index is -2.48. The molecule has 0 aromatic rings. The average Bonchev–Trinajstić information content (AvgIpc) is 2.68. The van der Waals surface area contributed by atoms with Gasteiger partial charge < -0.3 is 14.6 Å². The van der Waals surface area contributed by atoms with Crippen LogP contribution in [0.3, 0.4) is 0 Å². The Balaban J connectivity index is 1.50. The Kier molecular flexibility index (Phi) is 4.54. The molecule has 3 fully saturated rings. The molecule has 2 atom stereocenters. The first kappa shape index (κ1) is 17.6. The van der Waals surface area contributed by atoms with Crippen molar-refractivity contribution in [3.8, 4) is 0 Å². The predicted molar refractivity (Wildman–Crippen MR) is 86.6 cm³/mol. The first-order valence-electron chi connectivity index (χ1n) is 8.81. The van der Waals surface area contributed by atoms with Crippen LogP contribution in [0.4, 0.5) is 8.78 Å². The van der Waals surface area contributed by atoms with E-state index in [0.717, 1.165) is 19.4 Å². The Morgan fingerprint density at radius 2 is 1.57 bits per heavy atom. The summed E-state index contributed by atoms with van der Waals surface area (Å²) in [4.78, 5) is 2.16. The summed E-state index contributed by atoms with van der Waals surface area (Å²) in [5.74, 6) is -2.16. The van der Waals surface area contributed by atoms with Gasteiger partial charge in [-0.3, -0.25) is 4.90 Å². The maximum Gasteiger partial charge on any atom is 0.462 e. The van der Waals surface area contributed by atoms with Gasteiger partial charge in [0.1, 0.15) is 0 Å². The highest BCUT2D eigenvalue weighted by Crippen LogP contribution is 2.42. The zero-order chi connectivity index (χ0) is 16.9.